The summed E-state index contributed by atoms with van der Waals surface area (Å²) >= 11 is 0. The smallest absolute Gasteiger partial charge is 0.230 e. The quantitative estimate of drug-likeness (QED) is 0.494. The van der Waals surface area contributed by atoms with Crippen molar-refractivity contribution in [2.24, 2.45) is 0 Å². The van der Waals surface area contributed by atoms with Gasteiger partial charge in [-0.2, -0.15) is 19.6 Å². The van der Waals surface area contributed by atoms with Crippen molar-refractivity contribution in [1.82, 2.24) is 34.4 Å². The van der Waals surface area contributed by atoms with Gasteiger partial charge < -0.3 is 20.1 Å². The fourth-order valence-corrected chi connectivity index (χ4v) is 4.14. The van der Waals surface area contributed by atoms with Crippen LogP contribution in [0.4, 0.5) is 20.7 Å². The molecule has 9 nitrogen and oxygen atoms in total. The van der Waals surface area contributed by atoms with Gasteiger partial charge in [-0.15, -0.1) is 0 Å². The van der Waals surface area contributed by atoms with Crippen molar-refractivity contribution in [2.75, 3.05) is 43.4 Å². The van der Waals surface area contributed by atoms with Gasteiger partial charge >= 0.3 is 0 Å². The maximum Gasteiger partial charge on any atom is 0.230 e. The lowest BCUT2D eigenvalue weighted by Crippen LogP contribution is -2.45. The molecule has 0 radical (unpaired) electrons. The third kappa shape index (κ3) is 3.32. The number of H-pyrrole nitrogens is 1. The Labute approximate surface area is 182 Å². The SMILES string of the molecule is CN1CCN(c2nc(NCc3nc4c(F)c(F)ccc4[nH]3)n3ncc(C4CC4)c3n2)CC1. The van der Waals surface area contributed by atoms with Gasteiger partial charge in [-0.3, -0.25) is 0 Å². The molecule has 0 spiro atoms. The largest absolute Gasteiger partial charge is 0.347 e. The Kier molecular flexibility index (Phi) is 4.46. The topological polar surface area (TPSA) is 90.3 Å². The van der Waals surface area contributed by atoms with Crippen LogP contribution in [0.5, 0.6) is 0 Å². The number of benzene rings is 1. The third-order valence-electron chi connectivity index (χ3n) is 6.20. The molecule has 2 fully saturated rings. The molecule has 2 N–H and O–H groups in total. The summed E-state index contributed by atoms with van der Waals surface area (Å²) in [6.45, 7) is 3.86. The molecule has 166 valence electrons. The maximum absolute atomic E-state index is 14.0. The fraction of sp³-hybridized carbons (Fsp3) is 0.429. The number of aromatic nitrogens is 6. The van der Waals surface area contributed by atoms with Gasteiger partial charge in [-0.1, -0.05) is 0 Å². The summed E-state index contributed by atoms with van der Waals surface area (Å²) in [6.07, 6.45) is 4.18. The lowest BCUT2D eigenvalue weighted by molar-refractivity contribution is 0.311. The highest BCUT2D eigenvalue weighted by atomic mass is 19.2. The van der Waals surface area contributed by atoms with Crippen LogP contribution in [0.25, 0.3) is 16.7 Å². The zero-order valence-corrected chi connectivity index (χ0v) is 17.6. The molecule has 0 amide bonds. The molecule has 1 saturated carbocycles. The van der Waals surface area contributed by atoms with Gasteiger partial charge in [0.2, 0.25) is 11.9 Å². The summed E-state index contributed by atoms with van der Waals surface area (Å²) in [5.74, 6) is 0.335. The number of nitrogens with one attached hydrogen (secondary N) is 2. The number of anilines is 2. The molecule has 11 heteroatoms. The van der Waals surface area contributed by atoms with Crippen molar-refractivity contribution in [1.29, 1.82) is 0 Å². The molecule has 0 atom stereocenters. The van der Waals surface area contributed by atoms with Crippen LogP contribution in [0.15, 0.2) is 18.3 Å². The Hall–Kier alpha value is -3.34. The van der Waals surface area contributed by atoms with Gasteiger partial charge in [0.05, 0.1) is 18.3 Å². The van der Waals surface area contributed by atoms with Crippen LogP contribution < -0.4 is 10.2 Å². The van der Waals surface area contributed by atoms with Crippen molar-refractivity contribution in [3.05, 3.63) is 41.4 Å². The van der Waals surface area contributed by atoms with Crippen molar-refractivity contribution in [3.8, 4) is 0 Å². The molecule has 2 aliphatic rings. The number of aromatic amines is 1. The summed E-state index contributed by atoms with van der Waals surface area (Å²) in [7, 11) is 2.11. The number of fused-ring (bicyclic) bond motifs is 2. The summed E-state index contributed by atoms with van der Waals surface area (Å²) in [4.78, 5) is 21.3. The molecule has 1 aliphatic carbocycles. The highest BCUT2D eigenvalue weighted by molar-refractivity contribution is 5.75. The van der Waals surface area contributed by atoms with Gasteiger partial charge in [-0.05, 0) is 37.9 Å². The Morgan fingerprint density at radius 1 is 1.09 bits per heavy atom. The first-order valence-electron chi connectivity index (χ1n) is 10.8. The molecular weight excluding hydrogens is 416 g/mol. The monoisotopic (exact) mass is 439 g/mol. The van der Waals surface area contributed by atoms with E-state index in [-0.39, 0.29) is 12.1 Å². The number of piperazine rings is 1. The van der Waals surface area contributed by atoms with E-state index >= 15 is 0 Å². The molecule has 4 aromatic rings. The molecule has 32 heavy (non-hydrogen) atoms. The predicted octanol–water partition coefficient (Wildman–Crippen LogP) is 2.52. The van der Waals surface area contributed by atoms with Crippen LogP contribution in [0.2, 0.25) is 0 Å². The molecule has 1 aliphatic heterocycles. The first kappa shape index (κ1) is 19.4. The normalized spacial score (nSPS) is 17.5. The number of imidazole rings is 1. The van der Waals surface area contributed by atoms with Crippen LogP contribution in [0.1, 0.15) is 30.1 Å². The van der Waals surface area contributed by atoms with Crippen LogP contribution >= 0.6 is 0 Å². The first-order chi connectivity index (χ1) is 15.6. The first-order valence-corrected chi connectivity index (χ1v) is 10.8. The minimum atomic E-state index is -0.951. The third-order valence-corrected chi connectivity index (χ3v) is 6.20. The van der Waals surface area contributed by atoms with E-state index in [1.807, 2.05) is 6.20 Å². The molecule has 1 saturated heterocycles. The zero-order valence-electron chi connectivity index (χ0n) is 17.6. The van der Waals surface area contributed by atoms with E-state index in [4.69, 9.17) is 9.97 Å². The number of rotatable bonds is 5. The minimum Gasteiger partial charge on any atom is -0.347 e. The Balaban J connectivity index is 1.34. The minimum absolute atomic E-state index is 0.0112. The second kappa shape index (κ2) is 7.37. The van der Waals surface area contributed by atoms with Gasteiger partial charge in [0.15, 0.2) is 17.3 Å². The molecule has 0 unspecified atom stereocenters. The van der Waals surface area contributed by atoms with E-state index in [0.29, 0.717) is 29.2 Å². The number of nitrogens with zero attached hydrogens (tertiary/aromatic N) is 7. The van der Waals surface area contributed by atoms with Gasteiger partial charge in [0.25, 0.3) is 0 Å². The van der Waals surface area contributed by atoms with Crippen LogP contribution in [0, 0.1) is 11.6 Å². The summed E-state index contributed by atoms with van der Waals surface area (Å²) in [5, 5.41) is 7.78. The lowest BCUT2D eigenvalue weighted by atomic mass is 10.2. The van der Waals surface area contributed by atoms with E-state index in [1.165, 1.54) is 6.07 Å². The summed E-state index contributed by atoms with van der Waals surface area (Å²) < 4.78 is 29.3. The van der Waals surface area contributed by atoms with E-state index in [9.17, 15) is 8.78 Å². The van der Waals surface area contributed by atoms with Crippen LogP contribution in [-0.4, -0.2) is 67.7 Å². The van der Waals surface area contributed by atoms with Crippen molar-refractivity contribution >= 4 is 28.6 Å². The van der Waals surface area contributed by atoms with E-state index in [2.05, 4.69) is 37.2 Å². The zero-order chi connectivity index (χ0) is 21.8. The van der Waals surface area contributed by atoms with Crippen molar-refractivity contribution < 1.29 is 8.78 Å². The maximum atomic E-state index is 14.0. The molecule has 1 aromatic carbocycles. The fourth-order valence-electron chi connectivity index (χ4n) is 4.14. The van der Waals surface area contributed by atoms with Crippen molar-refractivity contribution in [3.63, 3.8) is 0 Å². The average molecular weight is 439 g/mol. The van der Waals surface area contributed by atoms with Crippen LogP contribution in [0.3, 0.4) is 0 Å². The van der Waals surface area contributed by atoms with E-state index < -0.39 is 11.6 Å². The van der Waals surface area contributed by atoms with Crippen molar-refractivity contribution in [2.45, 2.75) is 25.3 Å². The predicted molar refractivity (Wildman–Crippen MR) is 116 cm³/mol. The van der Waals surface area contributed by atoms with Gasteiger partial charge in [-0.25, -0.2) is 13.8 Å². The lowest BCUT2D eigenvalue weighted by Gasteiger charge is -2.32. The van der Waals surface area contributed by atoms with Gasteiger partial charge in [0.1, 0.15) is 11.3 Å². The second-order valence-corrected chi connectivity index (χ2v) is 8.54. The second-order valence-electron chi connectivity index (χ2n) is 8.54. The summed E-state index contributed by atoms with van der Waals surface area (Å²) in [5.41, 5.74) is 2.40. The number of halogens is 2. The van der Waals surface area contributed by atoms with E-state index in [0.717, 1.165) is 56.3 Å². The molecule has 0 bridgehead atoms. The number of hydrogen-bond donors (Lipinski definition) is 2. The molecule has 6 rings (SSSR count). The average Bonchev–Trinajstić information content (AvgIpc) is 3.40. The van der Waals surface area contributed by atoms with Gasteiger partial charge in [0, 0.05) is 31.7 Å². The summed E-state index contributed by atoms with van der Waals surface area (Å²) in [6, 6.07) is 2.57. The molecule has 3 aromatic heterocycles. The highest BCUT2D eigenvalue weighted by Gasteiger charge is 2.29. The standard InChI is InChI=1S/C21H23F2N9/c1-30-6-8-31(9-7-30)21-28-19-13(12-2-3-12)10-25-32(19)20(29-21)24-11-16-26-15-5-4-14(22)17(23)18(15)27-16/h4-5,10,12H,2-3,6-9,11H2,1H3,(H,26,27)(H,24,28,29). The molecular formula is C21H23F2N9. The Morgan fingerprint density at radius 2 is 1.91 bits per heavy atom. The van der Waals surface area contributed by atoms with E-state index in [1.54, 1.807) is 4.52 Å². The highest BCUT2D eigenvalue weighted by Crippen LogP contribution is 2.42. The van der Waals surface area contributed by atoms with Crippen LogP contribution in [-0.2, 0) is 6.54 Å². The Bertz CT molecular complexity index is 1300. The Morgan fingerprint density at radius 3 is 2.69 bits per heavy atom. The number of likely N-dealkylation sites (N-methyl/N-ethyl adjacent to an activating group) is 1. The molecule has 4 heterocycles. The number of hydrogen-bond acceptors (Lipinski definition) is 7.